The molecule has 172 valence electrons. The normalized spacial score (nSPS) is 16.2. The van der Waals surface area contributed by atoms with E-state index in [-0.39, 0.29) is 18.2 Å². The van der Waals surface area contributed by atoms with Gasteiger partial charge >= 0.3 is 0 Å². The molecule has 7 nitrogen and oxygen atoms in total. The van der Waals surface area contributed by atoms with E-state index in [1.54, 1.807) is 22.9 Å². The number of ether oxygens (including phenoxy) is 1. The second-order valence-electron chi connectivity index (χ2n) is 8.19. The predicted molar refractivity (Wildman–Crippen MR) is 125 cm³/mol. The smallest absolute Gasteiger partial charge is 0.254 e. The van der Waals surface area contributed by atoms with Gasteiger partial charge in [-0.15, -0.1) is 0 Å². The fraction of sp³-hybridized carbons (Fsp3) is 0.346. The van der Waals surface area contributed by atoms with Crippen LogP contribution in [0.3, 0.4) is 0 Å². The van der Waals surface area contributed by atoms with Crippen LogP contribution in [0, 0.1) is 0 Å². The standard InChI is InChI=1S/C26H29N3O4/c1-3-32-24-18-22(33-27-24)13-14-25(30)29-16-15-28(2)26(31)23(29)17-19-9-11-21(12-10-19)20-7-5-4-6-8-20/h4-12,18,23H,3,13-17H2,1-2H3/t23-/m1/s1. The van der Waals surface area contributed by atoms with Gasteiger partial charge in [-0.05, 0) is 28.8 Å². The molecule has 1 aliphatic heterocycles. The average Bonchev–Trinajstić information content (AvgIpc) is 3.29. The minimum atomic E-state index is -0.507. The number of hydrogen-bond acceptors (Lipinski definition) is 5. The van der Waals surface area contributed by atoms with Crippen molar-refractivity contribution in [2.24, 2.45) is 0 Å². The van der Waals surface area contributed by atoms with Gasteiger partial charge in [-0.3, -0.25) is 9.59 Å². The molecule has 0 N–H and O–H groups in total. The van der Waals surface area contributed by atoms with Crippen molar-refractivity contribution in [2.45, 2.75) is 32.2 Å². The lowest BCUT2D eigenvalue weighted by Gasteiger charge is -2.39. The first kappa shape index (κ1) is 22.6. The van der Waals surface area contributed by atoms with Gasteiger partial charge in [0, 0.05) is 45.5 Å². The quantitative estimate of drug-likeness (QED) is 0.528. The molecule has 1 aromatic heterocycles. The number of carbonyl (C=O) groups is 2. The molecule has 1 fully saturated rings. The minimum absolute atomic E-state index is 0.0277. The maximum Gasteiger partial charge on any atom is 0.254 e. The monoisotopic (exact) mass is 447 g/mol. The number of rotatable bonds is 8. The largest absolute Gasteiger partial charge is 0.476 e. The van der Waals surface area contributed by atoms with Crippen LogP contribution in [0.1, 0.15) is 24.7 Å². The first-order valence-electron chi connectivity index (χ1n) is 11.3. The molecule has 0 radical (unpaired) electrons. The Bertz CT molecular complexity index is 1080. The Morgan fingerprint density at radius 2 is 1.82 bits per heavy atom. The van der Waals surface area contributed by atoms with Gasteiger partial charge < -0.3 is 19.1 Å². The van der Waals surface area contributed by atoms with Gasteiger partial charge in [0.05, 0.1) is 6.61 Å². The Morgan fingerprint density at radius 3 is 2.55 bits per heavy atom. The second-order valence-corrected chi connectivity index (χ2v) is 8.19. The molecular weight excluding hydrogens is 418 g/mol. The number of aromatic nitrogens is 1. The van der Waals surface area contributed by atoms with Crippen molar-refractivity contribution in [1.82, 2.24) is 15.0 Å². The number of carbonyl (C=O) groups excluding carboxylic acids is 2. The molecule has 0 bridgehead atoms. The summed E-state index contributed by atoms with van der Waals surface area (Å²) in [6, 6.07) is 19.6. The summed E-state index contributed by atoms with van der Waals surface area (Å²) in [5.74, 6) is 0.934. The molecular formula is C26H29N3O4. The molecule has 2 aromatic carbocycles. The van der Waals surface area contributed by atoms with Gasteiger partial charge in [-0.1, -0.05) is 54.6 Å². The minimum Gasteiger partial charge on any atom is -0.476 e. The molecule has 1 saturated heterocycles. The number of aryl methyl sites for hydroxylation is 1. The van der Waals surface area contributed by atoms with E-state index < -0.39 is 6.04 Å². The lowest BCUT2D eigenvalue weighted by atomic mass is 9.98. The molecule has 3 aromatic rings. The molecule has 4 rings (SSSR count). The van der Waals surface area contributed by atoms with Crippen LogP contribution in [0.2, 0.25) is 0 Å². The van der Waals surface area contributed by atoms with Crippen molar-refractivity contribution in [3.8, 4) is 17.0 Å². The van der Waals surface area contributed by atoms with Gasteiger partial charge in [0.1, 0.15) is 11.8 Å². The summed E-state index contributed by atoms with van der Waals surface area (Å²) in [6.45, 7) is 3.43. The molecule has 7 heteroatoms. The molecule has 2 amide bonds. The molecule has 0 spiro atoms. The van der Waals surface area contributed by atoms with E-state index >= 15 is 0 Å². The van der Waals surface area contributed by atoms with E-state index in [0.29, 0.717) is 44.2 Å². The second kappa shape index (κ2) is 10.3. The van der Waals surface area contributed by atoms with Crippen LogP contribution < -0.4 is 4.74 Å². The van der Waals surface area contributed by atoms with Gasteiger partial charge in [0.15, 0.2) is 0 Å². The van der Waals surface area contributed by atoms with Crippen molar-refractivity contribution in [2.75, 3.05) is 26.7 Å². The third-order valence-corrected chi connectivity index (χ3v) is 5.94. The van der Waals surface area contributed by atoms with E-state index in [2.05, 4.69) is 29.4 Å². The van der Waals surface area contributed by atoms with Gasteiger partial charge in [0.25, 0.3) is 5.88 Å². The highest BCUT2D eigenvalue weighted by molar-refractivity contribution is 5.89. The van der Waals surface area contributed by atoms with Crippen LogP contribution in [0.5, 0.6) is 5.88 Å². The summed E-state index contributed by atoms with van der Waals surface area (Å²) in [4.78, 5) is 29.4. The van der Waals surface area contributed by atoms with Crippen LogP contribution >= 0.6 is 0 Å². The lowest BCUT2D eigenvalue weighted by Crippen LogP contribution is -2.58. The van der Waals surface area contributed by atoms with Crippen molar-refractivity contribution >= 4 is 11.8 Å². The molecule has 2 heterocycles. The van der Waals surface area contributed by atoms with E-state index in [0.717, 1.165) is 16.7 Å². The molecule has 1 aliphatic rings. The van der Waals surface area contributed by atoms with Gasteiger partial charge in [-0.25, -0.2) is 0 Å². The van der Waals surface area contributed by atoms with E-state index in [9.17, 15) is 9.59 Å². The topological polar surface area (TPSA) is 75.9 Å². The number of nitrogens with zero attached hydrogens (tertiary/aromatic N) is 3. The SMILES string of the molecule is CCOc1cc(CCC(=O)N2CCN(C)C(=O)[C@H]2Cc2ccc(-c3ccccc3)cc2)on1. The van der Waals surface area contributed by atoms with Crippen LogP contribution in [-0.2, 0) is 22.4 Å². The molecule has 0 unspecified atom stereocenters. The highest BCUT2D eigenvalue weighted by Gasteiger charge is 2.35. The van der Waals surface area contributed by atoms with Crippen molar-refractivity contribution in [1.29, 1.82) is 0 Å². The third-order valence-electron chi connectivity index (χ3n) is 5.94. The average molecular weight is 448 g/mol. The summed E-state index contributed by atoms with van der Waals surface area (Å²) in [5.41, 5.74) is 3.30. The predicted octanol–water partition coefficient (Wildman–Crippen LogP) is 3.58. The Kier molecular flexibility index (Phi) is 7.07. The third kappa shape index (κ3) is 5.42. The number of piperazine rings is 1. The van der Waals surface area contributed by atoms with Crippen LogP contribution in [-0.4, -0.2) is 59.6 Å². The fourth-order valence-corrected chi connectivity index (χ4v) is 4.10. The van der Waals surface area contributed by atoms with E-state index in [1.165, 1.54) is 0 Å². The zero-order valence-electron chi connectivity index (χ0n) is 19.1. The molecule has 1 atom stereocenters. The summed E-state index contributed by atoms with van der Waals surface area (Å²) in [6.07, 6.45) is 1.15. The Balaban J connectivity index is 1.43. The molecule has 0 aliphatic carbocycles. The van der Waals surface area contributed by atoms with Gasteiger partial charge in [0.2, 0.25) is 11.8 Å². The van der Waals surface area contributed by atoms with Crippen molar-refractivity contribution < 1.29 is 18.8 Å². The maximum absolute atomic E-state index is 13.1. The number of benzene rings is 2. The Morgan fingerprint density at radius 1 is 1.09 bits per heavy atom. The summed E-state index contributed by atoms with van der Waals surface area (Å²) < 4.78 is 10.5. The number of likely N-dealkylation sites (N-methyl/N-ethyl adjacent to an activating group) is 1. The Labute approximate surface area is 193 Å². The highest BCUT2D eigenvalue weighted by atomic mass is 16.5. The summed E-state index contributed by atoms with van der Waals surface area (Å²) in [5, 5.41) is 3.84. The number of hydrogen-bond donors (Lipinski definition) is 0. The van der Waals surface area contributed by atoms with E-state index in [4.69, 9.17) is 9.26 Å². The first-order valence-corrected chi connectivity index (χ1v) is 11.3. The zero-order chi connectivity index (χ0) is 23.2. The van der Waals surface area contributed by atoms with E-state index in [1.807, 2.05) is 37.3 Å². The first-order chi connectivity index (χ1) is 16.0. The number of amides is 2. The van der Waals surface area contributed by atoms with Crippen LogP contribution in [0.25, 0.3) is 11.1 Å². The van der Waals surface area contributed by atoms with Gasteiger partial charge in [-0.2, -0.15) is 0 Å². The van der Waals surface area contributed by atoms with Crippen LogP contribution in [0.4, 0.5) is 0 Å². The molecule has 33 heavy (non-hydrogen) atoms. The zero-order valence-corrected chi connectivity index (χ0v) is 19.1. The van der Waals surface area contributed by atoms with Crippen molar-refractivity contribution in [3.63, 3.8) is 0 Å². The van der Waals surface area contributed by atoms with Crippen molar-refractivity contribution in [3.05, 3.63) is 72.0 Å². The maximum atomic E-state index is 13.1. The molecule has 0 saturated carbocycles. The Hall–Kier alpha value is -3.61. The van der Waals surface area contributed by atoms with Crippen LogP contribution in [0.15, 0.2) is 65.2 Å². The lowest BCUT2D eigenvalue weighted by molar-refractivity contribution is -0.150. The summed E-state index contributed by atoms with van der Waals surface area (Å²) in [7, 11) is 1.79. The summed E-state index contributed by atoms with van der Waals surface area (Å²) >= 11 is 0. The fourth-order valence-electron chi connectivity index (χ4n) is 4.10. The highest BCUT2D eigenvalue weighted by Crippen LogP contribution is 2.22.